The molecule has 0 aromatic rings. The lowest BCUT2D eigenvalue weighted by Crippen LogP contribution is -2.50. The molecule has 3 nitrogen and oxygen atoms in total. The monoisotopic (exact) mass is 240 g/mol. The number of rotatable bonds is 2. The minimum atomic E-state index is 0.114. The van der Waals surface area contributed by atoms with Crippen LogP contribution in [-0.2, 0) is 4.74 Å². The molecule has 16 heavy (non-hydrogen) atoms. The van der Waals surface area contributed by atoms with E-state index in [4.69, 9.17) is 4.74 Å². The lowest BCUT2D eigenvalue weighted by Gasteiger charge is -2.34. The van der Waals surface area contributed by atoms with E-state index in [1.54, 1.807) is 0 Å². The third-order valence-electron chi connectivity index (χ3n) is 3.67. The molecule has 0 spiro atoms. The van der Waals surface area contributed by atoms with Crippen molar-refractivity contribution in [2.75, 3.05) is 19.8 Å². The highest BCUT2D eigenvalue weighted by molar-refractivity contribution is 8.14. The highest BCUT2D eigenvalue weighted by Gasteiger charge is 2.37. The molecule has 4 heteroatoms. The van der Waals surface area contributed by atoms with Gasteiger partial charge in [0.05, 0.1) is 18.7 Å². The first-order chi connectivity index (χ1) is 7.75. The number of amidine groups is 1. The van der Waals surface area contributed by atoms with Gasteiger partial charge in [0.1, 0.15) is 0 Å². The van der Waals surface area contributed by atoms with Gasteiger partial charge in [-0.3, -0.25) is 4.99 Å². The fourth-order valence-electron chi connectivity index (χ4n) is 2.46. The first-order valence-corrected chi connectivity index (χ1v) is 7.20. The Balaban J connectivity index is 1.54. The van der Waals surface area contributed by atoms with Gasteiger partial charge in [0.25, 0.3) is 0 Å². The predicted octanol–water partition coefficient (Wildman–Crippen LogP) is 2.03. The van der Waals surface area contributed by atoms with Gasteiger partial charge >= 0.3 is 0 Å². The zero-order valence-electron chi connectivity index (χ0n) is 9.87. The van der Waals surface area contributed by atoms with E-state index in [9.17, 15) is 0 Å². The quantitative estimate of drug-likeness (QED) is 0.802. The summed E-state index contributed by atoms with van der Waals surface area (Å²) in [6.07, 6.45) is 5.19. The highest BCUT2D eigenvalue weighted by Crippen LogP contribution is 2.41. The number of hydrogen-bond acceptors (Lipinski definition) is 4. The van der Waals surface area contributed by atoms with E-state index < -0.39 is 0 Å². The largest absolute Gasteiger partial charge is 0.379 e. The van der Waals surface area contributed by atoms with E-state index >= 15 is 0 Å². The Hall–Kier alpha value is -0.220. The number of nitrogens with zero attached hydrogens (tertiary/aromatic N) is 1. The summed E-state index contributed by atoms with van der Waals surface area (Å²) in [7, 11) is 0. The average molecular weight is 240 g/mol. The van der Waals surface area contributed by atoms with Gasteiger partial charge in [0.2, 0.25) is 0 Å². The standard InChI is InChI=1S/C12H20N2OS/c1-12(5-2-6-15-8-12)14-11-13-7-10(16-11)9-3-4-9/h9-10H,2-8H2,1H3,(H,13,14). The van der Waals surface area contributed by atoms with Crippen molar-refractivity contribution in [2.45, 2.75) is 43.4 Å². The Labute approximate surface area is 101 Å². The van der Waals surface area contributed by atoms with Crippen LogP contribution >= 0.6 is 11.8 Å². The molecule has 2 heterocycles. The molecule has 0 radical (unpaired) electrons. The summed E-state index contributed by atoms with van der Waals surface area (Å²) >= 11 is 1.96. The van der Waals surface area contributed by atoms with E-state index in [2.05, 4.69) is 17.2 Å². The van der Waals surface area contributed by atoms with Crippen LogP contribution in [0.5, 0.6) is 0 Å². The molecule has 2 unspecified atom stereocenters. The van der Waals surface area contributed by atoms with Crippen molar-refractivity contribution in [3.05, 3.63) is 0 Å². The van der Waals surface area contributed by atoms with Crippen molar-refractivity contribution in [2.24, 2.45) is 10.9 Å². The Morgan fingerprint density at radius 2 is 2.38 bits per heavy atom. The van der Waals surface area contributed by atoms with Crippen LogP contribution in [0.3, 0.4) is 0 Å². The van der Waals surface area contributed by atoms with Crippen LogP contribution in [0.4, 0.5) is 0 Å². The lowest BCUT2D eigenvalue weighted by molar-refractivity contribution is 0.0375. The summed E-state index contributed by atoms with van der Waals surface area (Å²) in [5.74, 6) is 0.948. The molecule has 0 amide bonds. The Bertz CT molecular complexity index is 295. The molecule has 3 aliphatic rings. The second-order valence-electron chi connectivity index (χ2n) is 5.48. The minimum Gasteiger partial charge on any atom is -0.379 e. The molecule has 0 bridgehead atoms. The molecule has 2 atom stereocenters. The smallest absolute Gasteiger partial charge is 0.157 e. The maximum atomic E-state index is 5.56. The van der Waals surface area contributed by atoms with Crippen molar-refractivity contribution in [3.8, 4) is 0 Å². The Morgan fingerprint density at radius 1 is 1.50 bits per heavy atom. The second kappa shape index (κ2) is 4.22. The third kappa shape index (κ3) is 2.38. The summed E-state index contributed by atoms with van der Waals surface area (Å²) in [4.78, 5) is 4.63. The van der Waals surface area contributed by atoms with Gasteiger partial charge in [-0.15, -0.1) is 0 Å². The van der Waals surface area contributed by atoms with Crippen LogP contribution in [-0.4, -0.2) is 35.7 Å². The summed E-state index contributed by atoms with van der Waals surface area (Å²) in [6.45, 7) is 5.01. The van der Waals surface area contributed by atoms with Crippen LogP contribution in [0.25, 0.3) is 0 Å². The first-order valence-electron chi connectivity index (χ1n) is 6.32. The normalized spacial score (nSPS) is 39.6. The van der Waals surface area contributed by atoms with Gasteiger partial charge in [-0.05, 0) is 38.5 Å². The number of ether oxygens (including phenoxy) is 1. The molecule has 1 aliphatic carbocycles. The van der Waals surface area contributed by atoms with Crippen LogP contribution in [0.1, 0.15) is 32.6 Å². The SMILES string of the molecule is CC1(NC2=NCC(C3CC3)S2)CCCOC1. The fraction of sp³-hybridized carbons (Fsp3) is 0.917. The lowest BCUT2D eigenvalue weighted by atomic mass is 9.95. The summed E-state index contributed by atoms with van der Waals surface area (Å²) in [5, 5.41) is 5.51. The molecule has 1 N–H and O–H groups in total. The summed E-state index contributed by atoms with van der Waals surface area (Å²) in [5.41, 5.74) is 0.114. The number of aliphatic imine (C=N–C) groups is 1. The van der Waals surface area contributed by atoms with Gasteiger partial charge in [-0.2, -0.15) is 0 Å². The number of thioether (sulfide) groups is 1. The molecule has 0 aromatic carbocycles. The van der Waals surface area contributed by atoms with E-state index in [0.717, 1.165) is 42.5 Å². The zero-order chi connectivity index (χ0) is 11.0. The van der Waals surface area contributed by atoms with Crippen LogP contribution in [0, 0.1) is 5.92 Å². The summed E-state index contributed by atoms with van der Waals surface area (Å²) < 4.78 is 5.56. The van der Waals surface area contributed by atoms with Gasteiger partial charge < -0.3 is 10.1 Å². The van der Waals surface area contributed by atoms with Gasteiger partial charge in [-0.25, -0.2) is 0 Å². The maximum absolute atomic E-state index is 5.56. The van der Waals surface area contributed by atoms with Crippen molar-refractivity contribution >= 4 is 16.9 Å². The highest BCUT2D eigenvalue weighted by atomic mass is 32.2. The van der Waals surface area contributed by atoms with Crippen LogP contribution in [0.15, 0.2) is 4.99 Å². The third-order valence-corrected chi connectivity index (χ3v) is 4.96. The van der Waals surface area contributed by atoms with E-state index in [0.29, 0.717) is 0 Å². The zero-order valence-corrected chi connectivity index (χ0v) is 10.7. The van der Waals surface area contributed by atoms with Crippen molar-refractivity contribution in [1.82, 2.24) is 5.32 Å². The molecule has 90 valence electrons. The van der Waals surface area contributed by atoms with Crippen LogP contribution in [0.2, 0.25) is 0 Å². The molecule has 2 fully saturated rings. The Kier molecular flexibility index (Phi) is 2.88. The molecule has 1 saturated heterocycles. The van der Waals surface area contributed by atoms with Gasteiger partial charge in [-0.1, -0.05) is 11.8 Å². The molecular formula is C12H20N2OS. The van der Waals surface area contributed by atoms with Crippen LogP contribution < -0.4 is 5.32 Å². The van der Waals surface area contributed by atoms with Crippen molar-refractivity contribution < 1.29 is 4.74 Å². The molecular weight excluding hydrogens is 220 g/mol. The summed E-state index contributed by atoms with van der Waals surface area (Å²) in [6, 6.07) is 0. The first kappa shape index (κ1) is 10.9. The van der Waals surface area contributed by atoms with E-state index in [-0.39, 0.29) is 5.54 Å². The van der Waals surface area contributed by atoms with Gasteiger partial charge in [0.15, 0.2) is 5.17 Å². The number of nitrogens with one attached hydrogen (secondary N) is 1. The second-order valence-corrected chi connectivity index (χ2v) is 6.71. The minimum absolute atomic E-state index is 0.114. The van der Waals surface area contributed by atoms with E-state index in [1.807, 2.05) is 11.8 Å². The molecule has 2 aliphatic heterocycles. The maximum Gasteiger partial charge on any atom is 0.157 e. The van der Waals surface area contributed by atoms with E-state index in [1.165, 1.54) is 19.3 Å². The molecule has 1 saturated carbocycles. The number of hydrogen-bond donors (Lipinski definition) is 1. The van der Waals surface area contributed by atoms with Crippen molar-refractivity contribution in [3.63, 3.8) is 0 Å². The molecule has 3 rings (SSSR count). The van der Waals surface area contributed by atoms with Gasteiger partial charge in [0, 0.05) is 11.9 Å². The van der Waals surface area contributed by atoms with Crippen molar-refractivity contribution in [1.29, 1.82) is 0 Å². The Morgan fingerprint density at radius 3 is 3.06 bits per heavy atom. The fourth-order valence-corrected chi connectivity index (χ4v) is 3.82. The molecule has 0 aromatic heterocycles. The average Bonchev–Trinajstić information content (AvgIpc) is 3.02. The predicted molar refractivity (Wildman–Crippen MR) is 68.0 cm³/mol. The topological polar surface area (TPSA) is 33.6 Å².